The van der Waals surface area contributed by atoms with Gasteiger partial charge in [-0.15, -0.1) is 23.5 Å². The molecule has 0 atom stereocenters. The minimum absolute atomic E-state index is 0.0574. The normalized spacial score (nSPS) is 16.6. The molecule has 0 aliphatic carbocycles. The Hall–Kier alpha value is -5.88. The number of nitrogens with zero attached hydrogens (tertiary/aromatic N) is 4. The summed E-state index contributed by atoms with van der Waals surface area (Å²) in [6, 6.07) is 35.0. The molecule has 3 aliphatic heterocycles. The van der Waals surface area contributed by atoms with Crippen LogP contribution in [-0.4, -0.2) is 83.5 Å². The van der Waals surface area contributed by atoms with Gasteiger partial charge in [0.1, 0.15) is 0 Å². The van der Waals surface area contributed by atoms with Crippen LogP contribution < -0.4 is 0 Å². The topological polar surface area (TPSA) is 150 Å². The summed E-state index contributed by atoms with van der Waals surface area (Å²) >= 11 is 3.01. The molecule has 0 unspecified atom stereocenters. The average Bonchev–Trinajstić information content (AvgIpc) is 3.74. The van der Waals surface area contributed by atoms with E-state index < -0.39 is 54.5 Å². The SMILES string of the molecule is Cc1ccc(S(=O)(=O)N2CCCN(S(=O)(=O)c3ccc(C)cc3)Cc3cc(C(C)(C)C)cc(CN4C(=O)c5ccccc5C4=O)c3SCCSc3c(CN4C(=O)c5ccccc5C4=O)cc(C(C)(C)C)cc3C2)cc1. The number of fused-ring (bicyclic) bond motifs is 4. The van der Waals surface area contributed by atoms with Crippen molar-refractivity contribution in [2.75, 3.05) is 24.6 Å². The monoisotopic (exact) mass is 1080 g/mol. The van der Waals surface area contributed by atoms with Gasteiger partial charge in [-0.1, -0.05) is 125 Å². The summed E-state index contributed by atoms with van der Waals surface area (Å²) in [5.74, 6) is -0.736. The molecule has 0 fully saturated rings. The zero-order valence-corrected chi connectivity index (χ0v) is 46.9. The zero-order valence-electron chi connectivity index (χ0n) is 43.6. The summed E-state index contributed by atoms with van der Waals surface area (Å²) in [7, 11) is -8.45. The van der Waals surface area contributed by atoms with E-state index in [1.54, 1.807) is 97.1 Å². The van der Waals surface area contributed by atoms with Gasteiger partial charge in [-0.3, -0.25) is 29.0 Å². The van der Waals surface area contributed by atoms with Crippen molar-refractivity contribution in [3.05, 3.63) is 188 Å². The number of thioether (sulfide) groups is 2. The second kappa shape index (κ2) is 20.9. The van der Waals surface area contributed by atoms with Crippen LogP contribution in [0.5, 0.6) is 0 Å². The van der Waals surface area contributed by atoms with Gasteiger partial charge >= 0.3 is 0 Å². The third-order valence-corrected chi connectivity index (χ3v) is 20.5. The molecule has 0 bridgehead atoms. The molecule has 4 amide bonds. The maximum Gasteiger partial charge on any atom is 0.261 e. The quantitative estimate of drug-likeness (QED) is 0.135. The molecule has 0 saturated carbocycles. The van der Waals surface area contributed by atoms with Crippen molar-refractivity contribution in [1.82, 2.24) is 18.4 Å². The highest BCUT2D eigenvalue weighted by Crippen LogP contribution is 2.41. The van der Waals surface area contributed by atoms with E-state index in [9.17, 15) is 19.2 Å². The average molecular weight is 1080 g/mol. The Morgan fingerprint density at radius 2 is 0.787 bits per heavy atom. The lowest BCUT2D eigenvalue weighted by molar-refractivity contribution is 0.0626. The number of aryl methyl sites for hydroxylation is 2. The molecule has 16 heteroatoms. The second-order valence-electron chi connectivity index (χ2n) is 21.6. The van der Waals surface area contributed by atoms with Crippen molar-refractivity contribution in [3.63, 3.8) is 0 Å². The summed E-state index contributed by atoms with van der Waals surface area (Å²) in [5.41, 5.74) is 6.68. The summed E-state index contributed by atoms with van der Waals surface area (Å²) < 4.78 is 63.3. The van der Waals surface area contributed by atoms with Crippen molar-refractivity contribution in [2.24, 2.45) is 0 Å². The van der Waals surface area contributed by atoms with E-state index in [1.165, 1.54) is 41.9 Å². The minimum atomic E-state index is -4.22. The first-order valence-corrected chi connectivity index (χ1v) is 29.9. The van der Waals surface area contributed by atoms with Crippen LogP contribution >= 0.6 is 23.5 Å². The number of amides is 4. The first-order valence-electron chi connectivity index (χ1n) is 25.1. The van der Waals surface area contributed by atoms with E-state index in [2.05, 4.69) is 41.5 Å². The number of imide groups is 2. The third-order valence-electron chi connectivity index (χ3n) is 14.0. The predicted molar refractivity (Wildman–Crippen MR) is 295 cm³/mol. The van der Waals surface area contributed by atoms with Crippen molar-refractivity contribution in [2.45, 2.75) is 118 Å². The zero-order chi connectivity index (χ0) is 53.8. The number of carbonyl (C=O) groups excluding carboxylic acids is 4. The molecule has 0 saturated heterocycles. The summed E-state index contributed by atoms with van der Waals surface area (Å²) in [6.45, 7) is 15.7. The number of benzene rings is 6. The maximum atomic E-state index is 15.1. The first-order chi connectivity index (χ1) is 35.4. The van der Waals surface area contributed by atoms with Crippen molar-refractivity contribution in [3.8, 4) is 0 Å². The Morgan fingerprint density at radius 1 is 0.467 bits per heavy atom. The number of hydrogen-bond acceptors (Lipinski definition) is 10. The fourth-order valence-electron chi connectivity index (χ4n) is 9.70. The Labute approximate surface area is 450 Å². The highest BCUT2D eigenvalue weighted by molar-refractivity contribution is 8.03. The molecular formula is C59H62N4O8S4. The van der Waals surface area contributed by atoms with Gasteiger partial charge in [0.15, 0.2) is 0 Å². The van der Waals surface area contributed by atoms with Gasteiger partial charge < -0.3 is 0 Å². The fourth-order valence-corrected chi connectivity index (χ4v) is 14.9. The number of hydrogen-bond donors (Lipinski definition) is 0. The maximum absolute atomic E-state index is 15.1. The number of carbonyl (C=O) groups is 4. The molecule has 0 aromatic heterocycles. The Balaban J connectivity index is 1.21. The van der Waals surface area contributed by atoms with Gasteiger partial charge in [0.25, 0.3) is 23.6 Å². The number of sulfonamides is 2. The Kier molecular flexibility index (Phi) is 15.0. The first kappa shape index (κ1) is 53.9. The summed E-state index contributed by atoms with van der Waals surface area (Å²) in [5, 5.41) is 0. The van der Waals surface area contributed by atoms with Crippen LogP contribution in [0.3, 0.4) is 0 Å². The van der Waals surface area contributed by atoms with Gasteiger partial charge in [-0.25, -0.2) is 16.8 Å². The van der Waals surface area contributed by atoms with E-state index in [1.807, 2.05) is 38.1 Å². The Morgan fingerprint density at radius 3 is 1.09 bits per heavy atom. The number of rotatable bonds is 8. The molecule has 0 N–H and O–H groups in total. The van der Waals surface area contributed by atoms with Crippen molar-refractivity contribution >= 4 is 67.2 Å². The predicted octanol–water partition coefficient (Wildman–Crippen LogP) is 11.2. The standard InChI is InChI=1S/C59H62N4O8S4/c1-38-18-22-46(23-19-38)74(68,69)60-26-13-27-61(75(70,71)47-24-20-39(2)21-25-47)35-41-31-45(59(6,7)8)33-43(37-63-56(66)50-16-11-12-17-51(50)57(63)67)53(41)73-29-28-72-52-40(34-60)30-44(58(3,4)5)32-42(52)36-62-54(64)48-14-9-10-15-49(48)55(62)65/h9-12,14-25,30-33H,13,26-29,34-37H2,1-8H3. The van der Waals surface area contributed by atoms with Crippen LogP contribution in [0.4, 0.5) is 0 Å². The van der Waals surface area contributed by atoms with Crippen LogP contribution in [0.25, 0.3) is 0 Å². The van der Waals surface area contributed by atoms with Crippen LogP contribution in [-0.2, 0) is 57.1 Å². The fraction of sp³-hybridized carbons (Fsp3) is 0.322. The van der Waals surface area contributed by atoms with Gasteiger partial charge in [0.2, 0.25) is 20.0 Å². The van der Waals surface area contributed by atoms with E-state index in [0.29, 0.717) is 56.0 Å². The van der Waals surface area contributed by atoms with Crippen LogP contribution in [0.1, 0.15) is 134 Å². The molecule has 0 radical (unpaired) electrons. The molecule has 6 aromatic carbocycles. The van der Waals surface area contributed by atoms with Crippen LogP contribution in [0.15, 0.2) is 141 Å². The molecule has 3 heterocycles. The third kappa shape index (κ3) is 10.9. The molecule has 6 aromatic rings. The summed E-state index contributed by atoms with van der Waals surface area (Å²) in [4.78, 5) is 60.2. The lowest BCUT2D eigenvalue weighted by Gasteiger charge is -2.29. The summed E-state index contributed by atoms with van der Waals surface area (Å²) in [6.07, 6.45) is 0.100. The van der Waals surface area contributed by atoms with Crippen molar-refractivity contribution in [1.29, 1.82) is 0 Å². The van der Waals surface area contributed by atoms with E-state index in [-0.39, 0.29) is 55.5 Å². The van der Waals surface area contributed by atoms with Gasteiger partial charge in [0.05, 0.1) is 45.1 Å². The van der Waals surface area contributed by atoms with Gasteiger partial charge in [-0.2, -0.15) is 8.61 Å². The van der Waals surface area contributed by atoms with Gasteiger partial charge in [-0.05, 0) is 113 Å². The Bertz CT molecular complexity index is 3190. The van der Waals surface area contributed by atoms with Crippen LogP contribution in [0, 0.1) is 13.8 Å². The van der Waals surface area contributed by atoms with E-state index in [0.717, 1.165) is 32.0 Å². The van der Waals surface area contributed by atoms with Crippen LogP contribution in [0.2, 0.25) is 0 Å². The second-order valence-corrected chi connectivity index (χ2v) is 27.7. The largest absolute Gasteiger partial charge is 0.270 e. The van der Waals surface area contributed by atoms with E-state index in [4.69, 9.17) is 0 Å². The highest BCUT2D eigenvalue weighted by Gasteiger charge is 2.39. The minimum Gasteiger partial charge on any atom is -0.270 e. The smallest absolute Gasteiger partial charge is 0.261 e. The van der Waals surface area contributed by atoms with Crippen molar-refractivity contribution < 1.29 is 36.0 Å². The van der Waals surface area contributed by atoms with Gasteiger partial charge in [0, 0.05) is 47.5 Å². The molecule has 3 aliphatic rings. The molecule has 75 heavy (non-hydrogen) atoms. The highest BCUT2D eigenvalue weighted by atomic mass is 32.2. The van der Waals surface area contributed by atoms with E-state index >= 15 is 16.8 Å². The lowest BCUT2D eigenvalue weighted by Crippen LogP contribution is -2.36. The lowest BCUT2D eigenvalue weighted by atomic mass is 9.85. The molecular weight excluding hydrogens is 1020 g/mol. The molecule has 12 nitrogen and oxygen atoms in total. The molecule has 390 valence electrons. The molecule has 9 rings (SSSR count). The molecule has 0 spiro atoms.